The standard InChI is InChI=1S/C26H32N4O4S/c1-5-18-10-7-8-13-21(18)28-25(32)27-20-12-9-11-19(16-20)23-22(24(31)34-15-14-33-4)17(3)30(6-2)26(35)29-23/h7-13,16,23H,5-6,14-15H2,1-4H3,(H,29,35)(H2,27,28,32). The first-order valence-corrected chi connectivity index (χ1v) is 12.0. The Kier molecular flexibility index (Phi) is 9.22. The molecule has 35 heavy (non-hydrogen) atoms. The van der Waals surface area contributed by atoms with Crippen molar-refractivity contribution < 1.29 is 19.1 Å². The van der Waals surface area contributed by atoms with Crippen molar-refractivity contribution in [3.8, 4) is 0 Å². The molecule has 1 heterocycles. The third-order valence-electron chi connectivity index (χ3n) is 5.78. The number of para-hydroxylation sites is 1. The van der Waals surface area contributed by atoms with Crippen LogP contribution in [0.4, 0.5) is 16.2 Å². The van der Waals surface area contributed by atoms with Gasteiger partial charge in [-0.3, -0.25) is 0 Å². The lowest BCUT2D eigenvalue weighted by atomic mass is 9.94. The maximum absolute atomic E-state index is 13.0. The predicted octanol–water partition coefficient (Wildman–Crippen LogP) is 4.61. The van der Waals surface area contributed by atoms with E-state index < -0.39 is 12.0 Å². The van der Waals surface area contributed by atoms with E-state index in [0.29, 0.717) is 29.5 Å². The maximum atomic E-state index is 13.0. The van der Waals surface area contributed by atoms with E-state index in [0.717, 1.165) is 28.9 Å². The largest absolute Gasteiger partial charge is 0.460 e. The number of esters is 1. The Morgan fingerprint density at radius 1 is 1.09 bits per heavy atom. The molecular weight excluding hydrogens is 464 g/mol. The van der Waals surface area contributed by atoms with Gasteiger partial charge >= 0.3 is 12.0 Å². The lowest BCUT2D eigenvalue weighted by molar-refractivity contribution is -0.140. The van der Waals surface area contributed by atoms with Crippen LogP contribution in [0, 0.1) is 0 Å². The number of carbonyl (C=O) groups excluding carboxylic acids is 2. The summed E-state index contributed by atoms with van der Waals surface area (Å²) in [4.78, 5) is 27.6. The van der Waals surface area contributed by atoms with Gasteiger partial charge in [0.2, 0.25) is 0 Å². The summed E-state index contributed by atoms with van der Waals surface area (Å²) >= 11 is 5.55. The third-order valence-corrected chi connectivity index (χ3v) is 6.12. The SMILES string of the molecule is CCc1ccccc1NC(=O)Nc1cccc(C2NC(=S)N(CC)C(C)=C2C(=O)OCCOC)c1. The van der Waals surface area contributed by atoms with Crippen molar-refractivity contribution in [2.24, 2.45) is 0 Å². The first kappa shape index (κ1) is 26.2. The molecule has 3 N–H and O–H groups in total. The van der Waals surface area contributed by atoms with Gasteiger partial charge in [-0.2, -0.15) is 0 Å². The van der Waals surface area contributed by atoms with Crippen molar-refractivity contribution in [3.05, 3.63) is 70.9 Å². The highest BCUT2D eigenvalue weighted by Gasteiger charge is 2.34. The van der Waals surface area contributed by atoms with Gasteiger partial charge < -0.3 is 30.3 Å². The molecule has 0 fully saturated rings. The molecule has 0 bridgehead atoms. The van der Waals surface area contributed by atoms with Crippen LogP contribution in [0.3, 0.4) is 0 Å². The number of benzene rings is 2. The zero-order valence-electron chi connectivity index (χ0n) is 20.5. The summed E-state index contributed by atoms with van der Waals surface area (Å²) in [6, 6.07) is 14.1. The van der Waals surface area contributed by atoms with Crippen LogP contribution >= 0.6 is 12.2 Å². The number of rotatable bonds is 9. The highest BCUT2D eigenvalue weighted by Crippen LogP contribution is 2.32. The molecule has 0 radical (unpaired) electrons. The number of hydrogen-bond donors (Lipinski definition) is 3. The zero-order valence-corrected chi connectivity index (χ0v) is 21.3. The topological polar surface area (TPSA) is 91.9 Å². The molecular formula is C26H32N4O4S. The summed E-state index contributed by atoms with van der Waals surface area (Å²) in [6.07, 6.45) is 0.808. The van der Waals surface area contributed by atoms with Crippen molar-refractivity contribution >= 4 is 40.7 Å². The average Bonchev–Trinajstić information content (AvgIpc) is 2.84. The summed E-state index contributed by atoms with van der Waals surface area (Å²) in [6.45, 7) is 6.93. The number of ether oxygens (including phenoxy) is 2. The van der Waals surface area contributed by atoms with Crippen LogP contribution in [0.25, 0.3) is 0 Å². The molecule has 1 aliphatic heterocycles. The fraction of sp³-hybridized carbons (Fsp3) is 0.346. The number of urea groups is 1. The lowest BCUT2D eigenvalue weighted by Crippen LogP contribution is -2.47. The minimum Gasteiger partial charge on any atom is -0.460 e. The summed E-state index contributed by atoms with van der Waals surface area (Å²) in [5.41, 5.74) is 4.37. The summed E-state index contributed by atoms with van der Waals surface area (Å²) in [5.74, 6) is -0.440. The van der Waals surface area contributed by atoms with Gasteiger partial charge in [0.05, 0.1) is 18.2 Å². The van der Waals surface area contributed by atoms with Gasteiger partial charge in [0.15, 0.2) is 5.11 Å². The number of aryl methyl sites for hydroxylation is 1. The third kappa shape index (κ3) is 6.37. The molecule has 0 saturated heterocycles. The second-order valence-corrected chi connectivity index (χ2v) is 8.36. The van der Waals surface area contributed by atoms with Gasteiger partial charge in [0, 0.05) is 30.7 Å². The Balaban J connectivity index is 1.85. The first-order valence-electron chi connectivity index (χ1n) is 11.6. The van der Waals surface area contributed by atoms with Gasteiger partial charge in [0.1, 0.15) is 6.61 Å². The number of nitrogens with one attached hydrogen (secondary N) is 3. The van der Waals surface area contributed by atoms with Gasteiger partial charge in [0.25, 0.3) is 0 Å². The van der Waals surface area contributed by atoms with E-state index in [1.807, 2.05) is 68.1 Å². The summed E-state index contributed by atoms with van der Waals surface area (Å²) in [7, 11) is 1.55. The van der Waals surface area contributed by atoms with E-state index in [9.17, 15) is 9.59 Å². The molecule has 2 aromatic carbocycles. The molecule has 1 atom stereocenters. The Hall–Kier alpha value is -3.43. The Morgan fingerprint density at radius 2 is 1.86 bits per heavy atom. The summed E-state index contributed by atoms with van der Waals surface area (Å²) in [5, 5.41) is 9.57. The minimum absolute atomic E-state index is 0.149. The smallest absolute Gasteiger partial charge is 0.338 e. The highest BCUT2D eigenvalue weighted by atomic mass is 32.1. The molecule has 2 amide bonds. The number of allylic oxidation sites excluding steroid dienone is 1. The van der Waals surface area contributed by atoms with E-state index in [1.54, 1.807) is 13.2 Å². The Bertz CT molecular complexity index is 1120. The molecule has 186 valence electrons. The predicted molar refractivity (Wildman–Crippen MR) is 141 cm³/mol. The maximum Gasteiger partial charge on any atom is 0.338 e. The molecule has 1 aliphatic rings. The zero-order chi connectivity index (χ0) is 25.4. The molecule has 0 aromatic heterocycles. The Labute approximate surface area is 211 Å². The van der Waals surface area contributed by atoms with Crippen LogP contribution in [0.5, 0.6) is 0 Å². The van der Waals surface area contributed by atoms with Crippen molar-refractivity contribution in [3.63, 3.8) is 0 Å². The second-order valence-electron chi connectivity index (χ2n) is 7.97. The van der Waals surface area contributed by atoms with Crippen molar-refractivity contribution in [2.75, 3.05) is 37.5 Å². The molecule has 3 rings (SSSR count). The molecule has 0 saturated carbocycles. The number of nitrogens with zero attached hydrogens (tertiary/aromatic N) is 1. The molecule has 8 nitrogen and oxygen atoms in total. The Morgan fingerprint density at radius 3 is 2.57 bits per heavy atom. The fourth-order valence-corrected chi connectivity index (χ4v) is 4.39. The van der Waals surface area contributed by atoms with E-state index >= 15 is 0 Å². The molecule has 0 spiro atoms. The number of amides is 2. The minimum atomic E-state index is -0.522. The van der Waals surface area contributed by atoms with Crippen molar-refractivity contribution in [1.82, 2.24) is 10.2 Å². The second kappa shape index (κ2) is 12.3. The number of carbonyl (C=O) groups is 2. The van der Waals surface area contributed by atoms with Crippen molar-refractivity contribution in [1.29, 1.82) is 0 Å². The molecule has 9 heteroatoms. The van der Waals surface area contributed by atoms with Crippen molar-refractivity contribution in [2.45, 2.75) is 33.2 Å². The van der Waals surface area contributed by atoms with Gasteiger partial charge in [-0.1, -0.05) is 37.3 Å². The van der Waals surface area contributed by atoms with E-state index in [4.69, 9.17) is 21.7 Å². The number of thiocarbonyl (C=S) groups is 1. The lowest BCUT2D eigenvalue weighted by Gasteiger charge is -2.37. The molecule has 0 aliphatic carbocycles. The van der Waals surface area contributed by atoms with Crippen LogP contribution in [0.2, 0.25) is 0 Å². The normalized spacial score (nSPS) is 15.5. The van der Waals surface area contributed by atoms with Crippen LogP contribution in [-0.4, -0.2) is 48.9 Å². The van der Waals surface area contributed by atoms with Crippen LogP contribution in [-0.2, 0) is 20.7 Å². The number of methoxy groups -OCH3 is 1. The van der Waals surface area contributed by atoms with E-state index in [2.05, 4.69) is 16.0 Å². The molecule has 1 unspecified atom stereocenters. The van der Waals surface area contributed by atoms with Gasteiger partial charge in [-0.05, 0) is 61.8 Å². The number of anilines is 2. The van der Waals surface area contributed by atoms with E-state index in [1.165, 1.54) is 0 Å². The van der Waals surface area contributed by atoms with E-state index in [-0.39, 0.29) is 12.6 Å². The van der Waals surface area contributed by atoms with Gasteiger partial charge in [-0.15, -0.1) is 0 Å². The first-order chi connectivity index (χ1) is 16.9. The average molecular weight is 497 g/mol. The number of hydrogen-bond acceptors (Lipinski definition) is 5. The van der Waals surface area contributed by atoms with Gasteiger partial charge in [-0.25, -0.2) is 9.59 Å². The van der Waals surface area contributed by atoms with Crippen LogP contribution < -0.4 is 16.0 Å². The fourth-order valence-electron chi connectivity index (χ4n) is 4.00. The molecule has 2 aromatic rings. The summed E-state index contributed by atoms with van der Waals surface area (Å²) < 4.78 is 10.4. The van der Waals surface area contributed by atoms with Crippen LogP contribution in [0.15, 0.2) is 59.8 Å². The highest BCUT2D eigenvalue weighted by molar-refractivity contribution is 7.80. The monoisotopic (exact) mass is 496 g/mol. The quantitative estimate of drug-likeness (QED) is 0.265. The van der Waals surface area contributed by atoms with Crippen LogP contribution in [0.1, 0.15) is 37.9 Å².